The Balaban J connectivity index is 1.30. The van der Waals surface area contributed by atoms with Gasteiger partial charge in [-0.2, -0.15) is 0 Å². The first-order chi connectivity index (χ1) is 18.0. The number of nitrogens with zero attached hydrogens (tertiary/aromatic N) is 2. The van der Waals surface area contributed by atoms with Crippen LogP contribution >= 0.6 is 0 Å². The summed E-state index contributed by atoms with van der Waals surface area (Å²) in [6, 6.07) is 19.0. The van der Waals surface area contributed by atoms with Gasteiger partial charge in [0.15, 0.2) is 11.5 Å². The van der Waals surface area contributed by atoms with Crippen LogP contribution in [0.3, 0.4) is 0 Å². The monoisotopic (exact) mass is 499 g/mol. The summed E-state index contributed by atoms with van der Waals surface area (Å²) in [5, 5.41) is 3.95. The zero-order valence-corrected chi connectivity index (χ0v) is 21.3. The number of anilines is 2. The Morgan fingerprint density at radius 3 is 2.19 bits per heavy atom. The molecule has 0 atom stereocenters. The second kappa shape index (κ2) is 10.3. The second-order valence-corrected chi connectivity index (χ2v) is 8.78. The van der Waals surface area contributed by atoms with E-state index < -0.39 is 0 Å². The van der Waals surface area contributed by atoms with E-state index in [0.29, 0.717) is 34.2 Å². The van der Waals surface area contributed by atoms with Crippen molar-refractivity contribution in [2.24, 2.45) is 0 Å². The van der Waals surface area contributed by atoms with E-state index in [0.717, 1.165) is 47.4 Å². The van der Waals surface area contributed by atoms with E-state index in [1.165, 1.54) is 0 Å². The van der Waals surface area contributed by atoms with Gasteiger partial charge in [-0.05, 0) is 42.0 Å². The van der Waals surface area contributed by atoms with Crippen LogP contribution < -0.4 is 29.2 Å². The number of hydrogen-bond donors (Lipinski definition) is 1. The lowest BCUT2D eigenvalue weighted by atomic mass is 10.1. The number of amides is 1. The van der Waals surface area contributed by atoms with Gasteiger partial charge in [-0.3, -0.25) is 9.78 Å². The van der Waals surface area contributed by atoms with Gasteiger partial charge in [0.2, 0.25) is 0 Å². The van der Waals surface area contributed by atoms with E-state index >= 15 is 0 Å². The van der Waals surface area contributed by atoms with Gasteiger partial charge in [0, 0.05) is 48.3 Å². The number of ether oxygens (including phenoxy) is 4. The van der Waals surface area contributed by atoms with Gasteiger partial charge in [-0.15, -0.1) is 0 Å². The number of fused-ring (bicyclic) bond motifs is 2. The number of aromatic nitrogens is 1. The van der Waals surface area contributed by atoms with Gasteiger partial charge < -0.3 is 29.2 Å². The fourth-order valence-corrected chi connectivity index (χ4v) is 4.57. The molecule has 1 aliphatic rings. The van der Waals surface area contributed by atoms with Crippen molar-refractivity contribution in [2.45, 2.75) is 13.0 Å². The van der Waals surface area contributed by atoms with Crippen molar-refractivity contribution >= 4 is 28.2 Å². The smallest absolute Gasteiger partial charge is 0.255 e. The van der Waals surface area contributed by atoms with Crippen LogP contribution in [-0.4, -0.2) is 45.9 Å². The molecule has 1 N–H and O–H groups in total. The molecule has 3 aromatic carbocycles. The maximum atomic E-state index is 12.8. The zero-order chi connectivity index (χ0) is 25.9. The third kappa shape index (κ3) is 4.95. The van der Waals surface area contributed by atoms with Gasteiger partial charge in [-0.25, -0.2) is 0 Å². The van der Waals surface area contributed by atoms with Gasteiger partial charge in [-0.1, -0.05) is 12.1 Å². The largest absolute Gasteiger partial charge is 0.497 e. The van der Waals surface area contributed by atoms with Gasteiger partial charge in [0.05, 0.1) is 45.3 Å². The predicted molar refractivity (Wildman–Crippen MR) is 144 cm³/mol. The van der Waals surface area contributed by atoms with Crippen LogP contribution in [0, 0.1) is 0 Å². The van der Waals surface area contributed by atoms with Gasteiger partial charge >= 0.3 is 0 Å². The maximum Gasteiger partial charge on any atom is 0.255 e. The van der Waals surface area contributed by atoms with Crippen LogP contribution in [0.25, 0.3) is 10.9 Å². The number of rotatable bonds is 8. The lowest BCUT2D eigenvalue weighted by Crippen LogP contribution is -2.19. The minimum absolute atomic E-state index is 0.233. The number of hydrogen-bond acceptors (Lipinski definition) is 7. The third-order valence-corrected chi connectivity index (χ3v) is 6.53. The fraction of sp³-hybridized carbons (Fsp3) is 0.241. The van der Waals surface area contributed by atoms with E-state index in [9.17, 15) is 4.79 Å². The molecule has 37 heavy (non-hydrogen) atoms. The van der Waals surface area contributed by atoms with Crippen LogP contribution in [0.2, 0.25) is 0 Å². The summed E-state index contributed by atoms with van der Waals surface area (Å²) in [6.07, 6.45) is 0.887. The molecule has 2 heterocycles. The SMILES string of the molecule is COc1cc(OC)cc(C(=O)Nc2ccc(CN3CCc4nc5cc(OC)c(OC)cc5cc43)cc2)c1. The molecule has 190 valence electrons. The molecular weight excluding hydrogens is 470 g/mol. The Labute approximate surface area is 215 Å². The summed E-state index contributed by atoms with van der Waals surface area (Å²) in [5.74, 6) is 2.25. The standard InChI is InChI=1S/C29H29N3O5/c1-34-22-11-20(12-23(15-22)35-2)29(33)30-21-7-5-18(6-8-21)17-32-10-9-24-26(32)13-19-14-27(36-3)28(37-4)16-25(19)31-24/h5-8,11-16H,9-10,17H2,1-4H3,(H,30,33). The quantitative estimate of drug-likeness (QED) is 0.362. The topological polar surface area (TPSA) is 82.2 Å². The molecule has 4 aromatic rings. The second-order valence-electron chi connectivity index (χ2n) is 8.78. The van der Waals surface area contributed by atoms with Crippen LogP contribution in [0.1, 0.15) is 21.6 Å². The molecule has 1 aliphatic heterocycles. The van der Waals surface area contributed by atoms with Crippen molar-refractivity contribution in [1.82, 2.24) is 4.98 Å². The van der Waals surface area contributed by atoms with E-state index in [2.05, 4.69) is 16.3 Å². The van der Waals surface area contributed by atoms with Gasteiger partial charge in [0.1, 0.15) is 11.5 Å². The molecule has 5 rings (SSSR count). The molecule has 1 amide bonds. The molecule has 0 radical (unpaired) electrons. The Bertz CT molecular complexity index is 1430. The van der Waals surface area contributed by atoms with Crippen molar-refractivity contribution < 1.29 is 23.7 Å². The van der Waals surface area contributed by atoms with Gasteiger partial charge in [0.25, 0.3) is 5.91 Å². The van der Waals surface area contributed by atoms with E-state index in [4.69, 9.17) is 23.9 Å². The van der Waals surface area contributed by atoms with Crippen LogP contribution in [0.5, 0.6) is 23.0 Å². The predicted octanol–water partition coefficient (Wildman–Crippen LogP) is 5.08. The molecular formula is C29H29N3O5. The van der Waals surface area contributed by atoms with E-state index in [-0.39, 0.29) is 5.91 Å². The molecule has 8 heteroatoms. The summed E-state index contributed by atoms with van der Waals surface area (Å²) < 4.78 is 21.4. The lowest BCUT2D eigenvalue weighted by Gasteiger charge is -2.20. The molecule has 0 fully saturated rings. The van der Waals surface area contributed by atoms with Crippen molar-refractivity contribution in [1.29, 1.82) is 0 Å². The number of carbonyl (C=O) groups is 1. The van der Waals surface area contributed by atoms with Crippen LogP contribution in [0.4, 0.5) is 11.4 Å². The summed E-state index contributed by atoms with van der Waals surface area (Å²) in [6.45, 7) is 1.64. The van der Waals surface area contributed by atoms with E-state index in [1.807, 2.05) is 36.4 Å². The first-order valence-corrected chi connectivity index (χ1v) is 11.9. The van der Waals surface area contributed by atoms with Crippen molar-refractivity contribution in [3.8, 4) is 23.0 Å². The van der Waals surface area contributed by atoms with Crippen molar-refractivity contribution in [3.05, 3.63) is 77.5 Å². The van der Waals surface area contributed by atoms with Crippen LogP contribution in [-0.2, 0) is 13.0 Å². The number of methoxy groups -OCH3 is 4. The Morgan fingerprint density at radius 1 is 0.865 bits per heavy atom. The average molecular weight is 500 g/mol. The minimum Gasteiger partial charge on any atom is -0.497 e. The van der Waals surface area contributed by atoms with Crippen LogP contribution in [0.15, 0.2) is 60.7 Å². The number of carbonyl (C=O) groups excluding carboxylic acids is 1. The van der Waals surface area contributed by atoms with Crippen molar-refractivity contribution in [2.75, 3.05) is 45.2 Å². The molecule has 0 saturated carbocycles. The Hall–Kier alpha value is -4.46. The summed E-state index contributed by atoms with van der Waals surface area (Å²) in [4.78, 5) is 20.0. The molecule has 8 nitrogen and oxygen atoms in total. The highest BCUT2D eigenvalue weighted by Crippen LogP contribution is 2.36. The number of nitrogens with one attached hydrogen (secondary N) is 1. The lowest BCUT2D eigenvalue weighted by molar-refractivity contribution is 0.102. The zero-order valence-electron chi connectivity index (χ0n) is 21.3. The molecule has 0 aliphatic carbocycles. The first kappa shape index (κ1) is 24.2. The normalized spacial score (nSPS) is 12.3. The van der Waals surface area contributed by atoms with Crippen molar-refractivity contribution in [3.63, 3.8) is 0 Å². The van der Waals surface area contributed by atoms with E-state index in [1.54, 1.807) is 46.6 Å². The first-order valence-electron chi connectivity index (χ1n) is 11.9. The highest BCUT2D eigenvalue weighted by Gasteiger charge is 2.22. The molecule has 1 aromatic heterocycles. The molecule has 0 saturated heterocycles. The summed E-state index contributed by atoms with van der Waals surface area (Å²) in [7, 11) is 6.38. The fourth-order valence-electron chi connectivity index (χ4n) is 4.57. The summed E-state index contributed by atoms with van der Waals surface area (Å²) >= 11 is 0. The maximum absolute atomic E-state index is 12.8. The number of benzene rings is 3. The molecule has 0 bridgehead atoms. The third-order valence-electron chi connectivity index (χ3n) is 6.53. The molecule has 0 unspecified atom stereocenters. The Kier molecular flexibility index (Phi) is 6.72. The average Bonchev–Trinajstić information content (AvgIpc) is 3.32. The summed E-state index contributed by atoms with van der Waals surface area (Å²) in [5.41, 5.74) is 5.42. The molecule has 0 spiro atoms. The Morgan fingerprint density at radius 2 is 1.54 bits per heavy atom. The minimum atomic E-state index is -0.233. The highest BCUT2D eigenvalue weighted by molar-refractivity contribution is 6.04. The number of pyridine rings is 1. The highest BCUT2D eigenvalue weighted by atomic mass is 16.5.